The van der Waals surface area contributed by atoms with Crippen LogP contribution in [0.15, 0.2) is 24.3 Å². The lowest BCUT2D eigenvalue weighted by Gasteiger charge is -2.39. The third-order valence-corrected chi connectivity index (χ3v) is 4.59. The molecule has 1 aliphatic rings. The van der Waals surface area contributed by atoms with Crippen LogP contribution >= 0.6 is 0 Å². The van der Waals surface area contributed by atoms with Crippen molar-refractivity contribution in [3.63, 3.8) is 0 Å². The number of nitrogens with one attached hydrogen (secondary N) is 2. The van der Waals surface area contributed by atoms with Crippen LogP contribution in [-0.2, 0) is 4.79 Å². The van der Waals surface area contributed by atoms with Gasteiger partial charge in [0.15, 0.2) is 0 Å². The Labute approximate surface area is 128 Å². The minimum Gasteiger partial charge on any atom is -0.348 e. The Morgan fingerprint density at radius 1 is 1.38 bits per heavy atom. The van der Waals surface area contributed by atoms with Crippen LogP contribution in [0.5, 0.6) is 0 Å². The van der Waals surface area contributed by atoms with E-state index in [9.17, 15) is 4.79 Å². The molecule has 21 heavy (non-hydrogen) atoms. The first-order valence-corrected chi connectivity index (χ1v) is 8.04. The Balaban J connectivity index is 2.07. The topological polar surface area (TPSA) is 41.1 Å². The maximum atomic E-state index is 12.6. The second-order valence-corrected chi connectivity index (χ2v) is 6.86. The van der Waals surface area contributed by atoms with Gasteiger partial charge in [0, 0.05) is 0 Å². The Hall–Kier alpha value is -1.35. The second kappa shape index (κ2) is 6.61. The van der Waals surface area contributed by atoms with E-state index in [-0.39, 0.29) is 23.4 Å². The van der Waals surface area contributed by atoms with Crippen LogP contribution in [0, 0.1) is 12.3 Å². The highest BCUT2D eigenvalue weighted by molar-refractivity contribution is 5.83. The number of carbonyl (C=O) groups is 1. The van der Waals surface area contributed by atoms with Gasteiger partial charge in [-0.25, -0.2) is 0 Å². The molecule has 3 nitrogen and oxygen atoms in total. The summed E-state index contributed by atoms with van der Waals surface area (Å²) in [7, 11) is 0. The van der Waals surface area contributed by atoms with Gasteiger partial charge < -0.3 is 10.6 Å². The van der Waals surface area contributed by atoms with Crippen molar-refractivity contribution in [1.29, 1.82) is 0 Å². The lowest BCUT2D eigenvalue weighted by Crippen LogP contribution is -2.56. The van der Waals surface area contributed by atoms with Gasteiger partial charge in [0.25, 0.3) is 0 Å². The lowest BCUT2D eigenvalue weighted by molar-refractivity contribution is -0.127. The number of piperidine rings is 1. The summed E-state index contributed by atoms with van der Waals surface area (Å²) in [5, 5.41) is 6.61. The molecule has 2 atom stereocenters. The van der Waals surface area contributed by atoms with Crippen molar-refractivity contribution in [2.75, 3.05) is 6.54 Å². The van der Waals surface area contributed by atoms with E-state index in [4.69, 9.17) is 0 Å². The fourth-order valence-electron chi connectivity index (χ4n) is 3.13. The molecule has 2 rings (SSSR count). The number of amides is 1. The summed E-state index contributed by atoms with van der Waals surface area (Å²) in [5.41, 5.74) is 2.45. The monoisotopic (exact) mass is 288 g/mol. The quantitative estimate of drug-likeness (QED) is 0.892. The fourth-order valence-corrected chi connectivity index (χ4v) is 3.13. The SMILES string of the molecule is CCC(NC(=O)C1NCCCC1(C)C)c1ccc(C)cc1. The molecule has 0 aliphatic carbocycles. The van der Waals surface area contributed by atoms with Gasteiger partial charge in [-0.1, -0.05) is 50.6 Å². The van der Waals surface area contributed by atoms with Crippen molar-refractivity contribution in [3.8, 4) is 0 Å². The highest BCUT2D eigenvalue weighted by Gasteiger charge is 2.37. The van der Waals surface area contributed by atoms with Gasteiger partial charge in [-0.2, -0.15) is 0 Å². The molecule has 1 heterocycles. The van der Waals surface area contributed by atoms with E-state index in [2.05, 4.69) is 62.6 Å². The molecule has 1 saturated heterocycles. The summed E-state index contributed by atoms with van der Waals surface area (Å²) in [6, 6.07) is 8.44. The van der Waals surface area contributed by atoms with E-state index in [1.807, 2.05) is 0 Å². The van der Waals surface area contributed by atoms with Gasteiger partial charge in [-0.05, 0) is 43.7 Å². The molecule has 1 aromatic carbocycles. The molecule has 0 saturated carbocycles. The average molecular weight is 288 g/mol. The van der Waals surface area contributed by atoms with Crippen LogP contribution in [0.25, 0.3) is 0 Å². The van der Waals surface area contributed by atoms with Crippen LogP contribution in [-0.4, -0.2) is 18.5 Å². The van der Waals surface area contributed by atoms with Gasteiger partial charge >= 0.3 is 0 Å². The zero-order valence-electron chi connectivity index (χ0n) is 13.7. The third kappa shape index (κ3) is 3.85. The van der Waals surface area contributed by atoms with E-state index in [1.54, 1.807) is 0 Å². The van der Waals surface area contributed by atoms with E-state index in [0.717, 1.165) is 25.8 Å². The zero-order valence-corrected chi connectivity index (χ0v) is 13.7. The van der Waals surface area contributed by atoms with Gasteiger partial charge in [0.1, 0.15) is 0 Å². The van der Waals surface area contributed by atoms with Crippen molar-refractivity contribution >= 4 is 5.91 Å². The standard InChI is InChI=1S/C18H28N2O/c1-5-15(14-9-7-13(2)8-10-14)20-17(21)16-18(3,4)11-6-12-19-16/h7-10,15-16,19H,5-6,11-12H2,1-4H3,(H,20,21). The van der Waals surface area contributed by atoms with Gasteiger partial charge in [-0.3, -0.25) is 4.79 Å². The molecular weight excluding hydrogens is 260 g/mol. The van der Waals surface area contributed by atoms with Crippen molar-refractivity contribution in [3.05, 3.63) is 35.4 Å². The first kappa shape index (κ1) is 16.0. The molecular formula is C18H28N2O. The fraction of sp³-hybridized carbons (Fsp3) is 0.611. The van der Waals surface area contributed by atoms with E-state index in [1.165, 1.54) is 11.1 Å². The Morgan fingerprint density at radius 3 is 2.62 bits per heavy atom. The van der Waals surface area contributed by atoms with Crippen molar-refractivity contribution in [2.24, 2.45) is 5.41 Å². The average Bonchev–Trinajstić information content (AvgIpc) is 2.45. The minimum absolute atomic E-state index is 0.0217. The number of rotatable bonds is 4. The molecule has 0 aromatic heterocycles. The molecule has 2 unspecified atom stereocenters. The summed E-state index contributed by atoms with van der Waals surface area (Å²) in [5.74, 6) is 0.132. The van der Waals surface area contributed by atoms with Gasteiger partial charge in [-0.15, -0.1) is 0 Å². The first-order chi connectivity index (χ1) is 9.94. The van der Waals surface area contributed by atoms with Gasteiger partial charge in [0.2, 0.25) is 5.91 Å². The summed E-state index contributed by atoms with van der Waals surface area (Å²) in [4.78, 5) is 12.6. The van der Waals surface area contributed by atoms with E-state index in [0.29, 0.717) is 0 Å². The van der Waals surface area contributed by atoms with Crippen LogP contribution in [0.4, 0.5) is 0 Å². The molecule has 2 N–H and O–H groups in total. The minimum atomic E-state index is -0.0919. The van der Waals surface area contributed by atoms with Crippen LogP contribution < -0.4 is 10.6 Å². The molecule has 1 fully saturated rings. The molecule has 1 aliphatic heterocycles. The molecule has 3 heteroatoms. The van der Waals surface area contributed by atoms with Crippen LogP contribution in [0.2, 0.25) is 0 Å². The molecule has 1 aromatic rings. The van der Waals surface area contributed by atoms with Crippen molar-refractivity contribution < 1.29 is 4.79 Å². The number of aryl methyl sites for hydroxylation is 1. The molecule has 116 valence electrons. The summed E-state index contributed by atoms with van der Waals surface area (Å²) in [6.07, 6.45) is 3.15. The Bertz CT molecular complexity index is 478. The number of hydrogen-bond donors (Lipinski definition) is 2. The molecule has 0 radical (unpaired) electrons. The van der Waals surface area contributed by atoms with Crippen molar-refractivity contribution in [2.45, 2.75) is 59.0 Å². The summed E-state index contributed by atoms with van der Waals surface area (Å²) in [6.45, 7) is 9.48. The normalized spacial score (nSPS) is 22.6. The highest BCUT2D eigenvalue weighted by atomic mass is 16.2. The Morgan fingerprint density at radius 2 is 2.05 bits per heavy atom. The molecule has 1 amide bonds. The highest BCUT2D eigenvalue weighted by Crippen LogP contribution is 2.30. The number of benzene rings is 1. The van der Waals surface area contributed by atoms with Crippen molar-refractivity contribution in [1.82, 2.24) is 10.6 Å². The third-order valence-electron chi connectivity index (χ3n) is 4.59. The first-order valence-electron chi connectivity index (χ1n) is 8.04. The van der Waals surface area contributed by atoms with E-state index < -0.39 is 0 Å². The van der Waals surface area contributed by atoms with Gasteiger partial charge in [0.05, 0.1) is 12.1 Å². The summed E-state index contributed by atoms with van der Waals surface area (Å²) < 4.78 is 0. The maximum Gasteiger partial charge on any atom is 0.238 e. The predicted molar refractivity (Wildman–Crippen MR) is 87.2 cm³/mol. The Kier molecular flexibility index (Phi) is 5.04. The predicted octanol–water partition coefficient (Wildman–Crippen LogP) is 3.34. The van der Waals surface area contributed by atoms with Crippen LogP contribution in [0.3, 0.4) is 0 Å². The largest absolute Gasteiger partial charge is 0.348 e. The number of carbonyl (C=O) groups excluding carboxylic acids is 1. The maximum absolute atomic E-state index is 12.6. The van der Waals surface area contributed by atoms with Crippen LogP contribution in [0.1, 0.15) is 57.2 Å². The molecule has 0 spiro atoms. The smallest absolute Gasteiger partial charge is 0.238 e. The number of hydrogen-bond acceptors (Lipinski definition) is 2. The lowest BCUT2D eigenvalue weighted by atomic mass is 9.77. The molecule has 0 bridgehead atoms. The zero-order chi connectivity index (χ0) is 15.5. The second-order valence-electron chi connectivity index (χ2n) is 6.86. The summed E-state index contributed by atoms with van der Waals surface area (Å²) >= 11 is 0. The van der Waals surface area contributed by atoms with E-state index >= 15 is 0 Å².